The molecule has 0 aromatic heterocycles. The van der Waals surface area contributed by atoms with Crippen LogP contribution in [0, 0.1) is 0 Å². The van der Waals surface area contributed by atoms with Crippen molar-refractivity contribution in [3.63, 3.8) is 0 Å². The molecule has 1 aromatic rings. The highest BCUT2D eigenvalue weighted by atomic mass is 79.9. The van der Waals surface area contributed by atoms with Crippen LogP contribution in [0.5, 0.6) is 0 Å². The van der Waals surface area contributed by atoms with E-state index in [-0.39, 0.29) is 12.5 Å². The number of anilines is 1. The number of nitrogens with one attached hydrogen (secondary N) is 2. The molecule has 1 atom stereocenters. The average molecular weight is 329 g/mol. The van der Waals surface area contributed by atoms with Crippen molar-refractivity contribution in [1.29, 1.82) is 0 Å². The number of carboxylic acid groups (broad SMARTS) is 1. The number of hydrogen-bond acceptors (Lipinski definition) is 3. The summed E-state index contributed by atoms with van der Waals surface area (Å²) in [6.07, 6.45) is 1.25. The highest BCUT2D eigenvalue weighted by molar-refractivity contribution is 9.10. The van der Waals surface area contributed by atoms with Gasteiger partial charge in [0.25, 0.3) is 0 Å². The maximum Gasteiger partial charge on any atom is 0.320 e. The van der Waals surface area contributed by atoms with E-state index in [4.69, 9.17) is 5.11 Å². The first-order chi connectivity index (χ1) is 9.02. The van der Waals surface area contributed by atoms with Gasteiger partial charge in [0.2, 0.25) is 5.91 Å². The molecular weight excluding hydrogens is 312 g/mol. The molecule has 0 aliphatic carbocycles. The van der Waals surface area contributed by atoms with Gasteiger partial charge in [-0.05, 0) is 30.7 Å². The number of rotatable bonds is 7. The molecule has 0 radical (unpaired) electrons. The maximum atomic E-state index is 11.7. The zero-order valence-electron chi connectivity index (χ0n) is 10.6. The van der Waals surface area contributed by atoms with Crippen LogP contribution >= 0.6 is 15.9 Å². The van der Waals surface area contributed by atoms with Gasteiger partial charge >= 0.3 is 5.97 Å². The fourth-order valence-corrected chi connectivity index (χ4v) is 1.82. The Balaban J connectivity index is 2.42. The fourth-order valence-electron chi connectivity index (χ4n) is 1.56. The van der Waals surface area contributed by atoms with E-state index in [1.165, 1.54) is 0 Å². The van der Waals surface area contributed by atoms with Crippen molar-refractivity contribution >= 4 is 33.5 Å². The van der Waals surface area contributed by atoms with Crippen LogP contribution in [-0.4, -0.2) is 29.6 Å². The minimum atomic E-state index is -0.932. The van der Waals surface area contributed by atoms with Crippen molar-refractivity contribution in [3.8, 4) is 0 Å². The minimum absolute atomic E-state index is 0.0208. The molecule has 0 bridgehead atoms. The van der Waals surface area contributed by atoms with Crippen LogP contribution in [-0.2, 0) is 9.59 Å². The quantitative estimate of drug-likeness (QED) is 0.717. The summed E-state index contributed by atoms with van der Waals surface area (Å²) < 4.78 is 0.928. The Bertz CT molecular complexity index is 434. The van der Waals surface area contributed by atoms with Gasteiger partial charge in [0.05, 0.1) is 6.54 Å². The van der Waals surface area contributed by atoms with Gasteiger partial charge in [-0.15, -0.1) is 0 Å². The predicted octanol–water partition coefficient (Wildman–Crippen LogP) is 2.23. The number of benzene rings is 1. The summed E-state index contributed by atoms with van der Waals surface area (Å²) in [7, 11) is 0. The smallest absolute Gasteiger partial charge is 0.320 e. The largest absolute Gasteiger partial charge is 0.480 e. The molecule has 0 aliphatic heterocycles. The summed E-state index contributed by atoms with van der Waals surface area (Å²) in [5.41, 5.74) is 0.678. The Morgan fingerprint density at radius 3 is 2.47 bits per heavy atom. The molecule has 0 saturated carbocycles. The molecule has 0 spiro atoms. The van der Waals surface area contributed by atoms with Crippen molar-refractivity contribution in [3.05, 3.63) is 28.7 Å². The molecule has 1 aromatic carbocycles. The van der Waals surface area contributed by atoms with Crippen LogP contribution in [0.15, 0.2) is 28.7 Å². The summed E-state index contributed by atoms with van der Waals surface area (Å²) in [5, 5.41) is 14.4. The van der Waals surface area contributed by atoms with E-state index in [0.29, 0.717) is 12.1 Å². The third-order valence-corrected chi connectivity index (χ3v) is 3.04. The fraction of sp³-hybridized carbons (Fsp3) is 0.385. The third-order valence-electron chi connectivity index (χ3n) is 2.51. The molecule has 104 valence electrons. The lowest BCUT2D eigenvalue weighted by Crippen LogP contribution is -2.41. The average Bonchev–Trinajstić information content (AvgIpc) is 2.37. The van der Waals surface area contributed by atoms with Crippen LogP contribution in [0.2, 0.25) is 0 Å². The predicted molar refractivity (Wildman–Crippen MR) is 77.1 cm³/mol. The topological polar surface area (TPSA) is 78.4 Å². The Morgan fingerprint density at radius 1 is 1.32 bits per heavy atom. The number of hydrogen-bond donors (Lipinski definition) is 3. The molecule has 5 nitrogen and oxygen atoms in total. The van der Waals surface area contributed by atoms with Gasteiger partial charge in [-0.2, -0.15) is 0 Å². The van der Waals surface area contributed by atoms with E-state index in [2.05, 4.69) is 26.6 Å². The van der Waals surface area contributed by atoms with Crippen molar-refractivity contribution in [1.82, 2.24) is 5.32 Å². The zero-order chi connectivity index (χ0) is 14.3. The third kappa shape index (κ3) is 5.85. The summed E-state index contributed by atoms with van der Waals surface area (Å²) in [6.45, 7) is 1.88. The maximum absolute atomic E-state index is 11.7. The van der Waals surface area contributed by atoms with Gasteiger partial charge in [-0.3, -0.25) is 14.9 Å². The Kier molecular flexibility index (Phi) is 6.52. The molecule has 1 amide bonds. The molecule has 0 aliphatic rings. The van der Waals surface area contributed by atoms with Gasteiger partial charge < -0.3 is 10.4 Å². The van der Waals surface area contributed by atoms with Gasteiger partial charge in [-0.1, -0.05) is 29.3 Å². The molecule has 0 heterocycles. The standard InChI is InChI=1S/C13H17BrN2O3/c1-2-3-11(13(18)19)15-8-12(17)16-10-6-4-9(14)5-7-10/h4-7,11,15H,2-3,8H2,1H3,(H,16,17)(H,18,19). The normalized spacial score (nSPS) is 11.9. The summed E-state index contributed by atoms with van der Waals surface area (Å²) in [4.78, 5) is 22.5. The molecule has 1 rings (SSSR count). The molecule has 6 heteroatoms. The minimum Gasteiger partial charge on any atom is -0.480 e. The SMILES string of the molecule is CCCC(NCC(=O)Nc1ccc(Br)cc1)C(=O)O. The lowest BCUT2D eigenvalue weighted by molar-refractivity contribution is -0.139. The molecule has 0 saturated heterocycles. The van der Waals surface area contributed by atoms with E-state index in [1.54, 1.807) is 12.1 Å². The Hall–Kier alpha value is -1.40. The van der Waals surface area contributed by atoms with Gasteiger partial charge in [0.15, 0.2) is 0 Å². The second-order valence-electron chi connectivity index (χ2n) is 4.12. The highest BCUT2D eigenvalue weighted by Crippen LogP contribution is 2.13. The highest BCUT2D eigenvalue weighted by Gasteiger charge is 2.16. The Labute approximate surface area is 120 Å². The number of aliphatic carboxylic acids is 1. The number of carbonyl (C=O) groups excluding carboxylic acids is 1. The lowest BCUT2D eigenvalue weighted by Gasteiger charge is -2.13. The number of carboxylic acids is 1. The second-order valence-corrected chi connectivity index (χ2v) is 5.03. The molecule has 1 unspecified atom stereocenters. The number of amides is 1. The molecule has 3 N–H and O–H groups in total. The summed E-state index contributed by atoms with van der Waals surface area (Å²) >= 11 is 3.30. The van der Waals surface area contributed by atoms with Crippen LogP contribution in [0.4, 0.5) is 5.69 Å². The van der Waals surface area contributed by atoms with E-state index in [1.807, 2.05) is 19.1 Å². The van der Waals surface area contributed by atoms with Crippen LogP contribution in [0.25, 0.3) is 0 Å². The van der Waals surface area contributed by atoms with Crippen molar-refractivity contribution in [2.75, 3.05) is 11.9 Å². The van der Waals surface area contributed by atoms with Crippen LogP contribution < -0.4 is 10.6 Å². The number of halogens is 1. The van der Waals surface area contributed by atoms with Gasteiger partial charge in [-0.25, -0.2) is 0 Å². The van der Waals surface area contributed by atoms with E-state index in [9.17, 15) is 9.59 Å². The van der Waals surface area contributed by atoms with Gasteiger partial charge in [0.1, 0.15) is 6.04 Å². The number of carbonyl (C=O) groups is 2. The Morgan fingerprint density at radius 2 is 1.95 bits per heavy atom. The first-order valence-corrected chi connectivity index (χ1v) is 6.84. The lowest BCUT2D eigenvalue weighted by atomic mass is 10.2. The van der Waals surface area contributed by atoms with Crippen molar-refractivity contribution in [2.24, 2.45) is 0 Å². The zero-order valence-corrected chi connectivity index (χ0v) is 12.2. The van der Waals surface area contributed by atoms with Crippen molar-refractivity contribution in [2.45, 2.75) is 25.8 Å². The first-order valence-electron chi connectivity index (χ1n) is 6.04. The molecule has 19 heavy (non-hydrogen) atoms. The molecule has 0 fully saturated rings. The van der Waals surface area contributed by atoms with E-state index < -0.39 is 12.0 Å². The van der Waals surface area contributed by atoms with Crippen molar-refractivity contribution < 1.29 is 14.7 Å². The summed E-state index contributed by atoms with van der Waals surface area (Å²) in [6, 6.07) is 6.49. The van der Waals surface area contributed by atoms with Crippen LogP contribution in [0.3, 0.4) is 0 Å². The second kappa shape index (κ2) is 7.91. The summed E-state index contributed by atoms with van der Waals surface area (Å²) in [5.74, 6) is -1.19. The monoisotopic (exact) mass is 328 g/mol. The van der Waals surface area contributed by atoms with Gasteiger partial charge in [0, 0.05) is 10.2 Å². The molecular formula is C13H17BrN2O3. The van der Waals surface area contributed by atoms with E-state index >= 15 is 0 Å². The van der Waals surface area contributed by atoms with E-state index in [0.717, 1.165) is 10.9 Å². The first kappa shape index (κ1) is 15.7. The van der Waals surface area contributed by atoms with Crippen LogP contribution in [0.1, 0.15) is 19.8 Å².